The normalized spacial score (nSPS) is 18.9. The van der Waals surface area contributed by atoms with Crippen LogP contribution < -0.4 is 20.1 Å². The molecule has 0 bridgehead atoms. The maximum Gasteiger partial charge on any atom is 0.235 e. The van der Waals surface area contributed by atoms with Gasteiger partial charge in [-0.3, -0.25) is 9.71 Å². The Hall–Kier alpha value is -2.52. The molecule has 0 radical (unpaired) electrons. The van der Waals surface area contributed by atoms with Crippen LogP contribution in [0.25, 0.3) is 10.8 Å². The highest BCUT2D eigenvalue weighted by atomic mass is 35.5. The molecule has 1 fully saturated rings. The summed E-state index contributed by atoms with van der Waals surface area (Å²) < 4.78 is 34.0. The molecule has 10 heteroatoms. The molecule has 0 aromatic heterocycles. The second-order valence-electron chi connectivity index (χ2n) is 9.05. The molecule has 0 amide bonds. The van der Waals surface area contributed by atoms with Crippen molar-refractivity contribution in [1.29, 1.82) is 5.41 Å². The zero-order valence-corrected chi connectivity index (χ0v) is 22.5. The fourth-order valence-corrected chi connectivity index (χ4v) is 6.30. The first-order valence-corrected chi connectivity index (χ1v) is 13.4. The minimum absolute atomic E-state index is 0. The summed E-state index contributed by atoms with van der Waals surface area (Å²) in [7, 11) is -3.49. The highest BCUT2D eigenvalue weighted by Gasteiger charge is 2.38. The molecule has 0 aliphatic carbocycles. The minimum Gasteiger partial charge on any atom is -0.492 e. The number of nitrogens with one attached hydrogen (secondary N) is 2. The van der Waals surface area contributed by atoms with Gasteiger partial charge in [-0.25, -0.2) is 8.42 Å². The van der Waals surface area contributed by atoms with Crippen LogP contribution in [0.15, 0.2) is 54.6 Å². The van der Waals surface area contributed by atoms with Crippen LogP contribution in [0.5, 0.6) is 5.75 Å². The second kappa shape index (κ2) is 11.3. The number of nitrogen functional groups attached to an aromatic ring is 1. The van der Waals surface area contributed by atoms with E-state index in [1.807, 2.05) is 54.6 Å². The van der Waals surface area contributed by atoms with Gasteiger partial charge in [0.2, 0.25) is 10.0 Å². The highest BCUT2D eigenvalue weighted by molar-refractivity contribution is 7.92. The number of nitrogens with two attached hydrogens (primary N) is 1. The number of amidine groups is 1. The zero-order valence-electron chi connectivity index (χ0n) is 20.1. The number of halogens is 2. The van der Waals surface area contributed by atoms with Crippen LogP contribution in [0, 0.1) is 5.41 Å². The predicted molar refractivity (Wildman–Crippen MR) is 151 cm³/mol. The van der Waals surface area contributed by atoms with Crippen LogP contribution in [0.3, 0.4) is 0 Å². The lowest BCUT2D eigenvalue weighted by Gasteiger charge is -2.27. The molecular formula is C26H32Cl2N4O3S. The lowest BCUT2D eigenvalue weighted by Crippen LogP contribution is -2.33. The van der Waals surface area contributed by atoms with Crippen LogP contribution in [0.1, 0.15) is 42.5 Å². The first-order valence-electron chi connectivity index (χ1n) is 11.7. The number of benzene rings is 3. The fourth-order valence-electron chi connectivity index (χ4n) is 4.96. The summed E-state index contributed by atoms with van der Waals surface area (Å²) in [6.45, 7) is 3.32. The molecule has 36 heavy (non-hydrogen) atoms. The largest absolute Gasteiger partial charge is 0.492 e. The van der Waals surface area contributed by atoms with Crippen LogP contribution in [0.2, 0.25) is 0 Å². The maximum atomic E-state index is 13.2. The van der Waals surface area contributed by atoms with E-state index in [1.54, 1.807) is 11.2 Å². The summed E-state index contributed by atoms with van der Waals surface area (Å²) in [5, 5.41) is 13.1. The van der Waals surface area contributed by atoms with Crippen molar-refractivity contribution in [3.8, 4) is 5.75 Å². The zero-order chi connectivity index (χ0) is 23.9. The monoisotopic (exact) mass is 550 g/mol. The predicted octanol–water partition coefficient (Wildman–Crippen LogP) is 4.55. The summed E-state index contributed by atoms with van der Waals surface area (Å²) in [6, 6.07) is 17.4. The summed E-state index contributed by atoms with van der Waals surface area (Å²) in [5.41, 5.74) is 8.93. The first-order chi connectivity index (χ1) is 16.4. The van der Waals surface area contributed by atoms with Gasteiger partial charge in [0.25, 0.3) is 0 Å². The van der Waals surface area contributed by atoms with Crippen molar-refractivity contribution in [3.05, 3.63) is 71.3 Å². The van der Waals surface area contributed by atoms with E-state index in [9.17, 15) is 8.42 Å². The smallest absolute Gasteiger partial charge is 0.235 e. The van der Waals surface area contributed by atoms with Crippen molar-refractivity contribution in [2.75, 3.05) is 23.2 Å². The van der Waals surface area contributed by atoms with Crippen molar-refractivity contribution < 1.29 is 13.2 Å². The average Bonchev–Trinajstić information content (AvgIpc) is 3.49. The van der Waals surface area contributed by atoms with E-state index in [1.165, 1.54) is 6.42 Å². The van der Waals surface area contributed by atoms with E-state index in [2.05, 4.69) is 5.32 Å². The number of sulfonamides is 1. The van der Waals surface area contributed by atoms with Gasteiger partial charge in [-0.15, -0.1) is 24.8 Å². The Bertz CT molecular complexity index is 1360. The Morgan fingerprint density at radius 2 is 1.89 bits per heavy atom. The molecule has 2 aliphatic heterocycles. The molecule has 2 heterocycles. The van der Waals surface area contributed by atoms with Crippen molar-refractivity contribution in [2.24, 2.45) is 5.73 Å². The molecule has 0 unspecified atom stereocenters. The molecule has 0 spiro atoms. The number of anilines is 1. The van der Waals surface area contributed by atoms with Gasteiger partial charge in [0.1, 0.15) is 18.2 Å². The third kappa shape index (κ3) is 5.42. The Labute approximate surface area is 224 Å². The minimum atomic E-state index is -3.49. The highest BCUT2D eigenvalue weighted by Crippen LogP contribution is 2.44. The maximum absolute atomic E-state index is 13.2. The number of hydrogen-bond acceptors (Lipinski definition) is 5. The van der Waals surface area contributed by atoms with Gasteiger partial charge in [-0.2, -0.15) is 0 Å². The van der Waals surface area contributed by atoms with E-state index in [0.717, 1.165) is 46.3 Å². The molecule has 2 aliphatic rings. The summed E-state index contributed by atoms with van der Waals surface area (Å²) in [5.74, 6) is 0.805. The van der Waals surface area contributed by atoms with Gasteiger partial charge in [-0.05, 0) is 78.5 Å². The third-order valence-corrected chi connectivity index (χ3v) is 8.60. The molecule has 3 aromatic rings. The van der Waals surface area contributed by atoms with Crippen LogP contribution >= 0.6 is 24.8 Å². The standard InChI is InChI=1S/C26H30N4O3S.2ClH/c1-2-34(31,32)30-24-10-9-23(33-16-22-4-3-11-29-22)14-21(24)15-25(30)18-7-5-17-6-8-19(26(27)28)13-20(17)12-18;;/h5-10,12-14,22,25,29H,2-4,11,15-16H2,1H3,(H3,27,28);2*1H/t22-,25-;;/m1../s1. The lowest BCUT2D eigenvalue weighted by molar-refractivity contribution is 0.277. The van der Waals surface area contributed by atoms with Crippen molar-refractivity contribution in [2.45, 2.75) is 38.3 Å². The van der Waals surface area contributed by atoms with E-state index >= 15 is 0 Å². The molecule has 7 nitrogen and oxygen atoms in total. The third-order valence-electron chi connectivity index (χ3n) is 6.82. The van der Waals surface area contributed by atoms with Gasteiger partial charge in [0, 0.05) is 18.0 Å². The molecule has 3 aromatic carbocycles. The molecule has 1 saturated heterocycles. The number of fused-ring (bicyclic) bond motifs is 2. The van der Waals surface area contributed by atoms with Gasteiger partial charge in [0.15, 0.2) is 0 Å². The topological polar surface area (TPSA) is 109 Å². The van der Waals surface area contributed by atoms with Crippen LogP contribution in [0.4, 0.5) is 5.69 Å². The SMILES string of the molecule is CCS(=O)(=O)N1c2ccc(OC[C@H]3CCCN3)cc2C[C@@H]1c1ccc2ccc(C(=N)N)cc2c1.Cl.Cl. The Balaban J connectivity index is 0.00000180. The quantitative estimate of drug-likeness (QED) is 0.295. The summed E-state index contributed by atoms with van der Waals surface area (Å²) in [6.07, 6.45) is 2.86. The van der Waals surface area contributed by atoms with E-state index in [0.29, 0.717) is 24.6 Å². The molecule has 0 saturated carbocycles. The Morgan fingerprint density at radius 1 is 1.11 bits per heavy atom. The fraction of sp³-hybridized carbons (Fsp3) is 0.346. The van der Waals surface area contributed by atoms with Gasteiger partial charge >= 0.3 is 0 Å². The van der Waals surface area contributed by atoms with Crippen LogP contribution in [-0.2, 0) is 16.4 Å². The molecule has 4 N–H and O–H groups in total. The molecule has 5 rings (SSSR count). The van der Waals surface area contributed by atoms with E-state index < -0.39 is 10.0 Å². The number of hydrogen-bond donors (Lipinski definition) is 3. The van der Waals surface area contributed by atoms with Crippen LogP contribution in [-0.4, -0.2) is 39.2 Å². The van der Waals surface area contributed by atoms with Crippen molar-refractivity contribution in [3.63, 3.8) is 0 Å². The number of ether oxygens (including phenoxy) is 1. The summed E-state index contributed by atoms with van der Waals surface area (Å²) in [4.78, 5) is 0. The first kappa shape index (κ1) is 28.1. The van der Waals surface area contributed by atoms with Gasteiger partial charge in [0.05, 0.1) is 17.5 Å². The van der Waals surface area contributed by atoms with E-state index in [-0.39, 0.29) is 42.4 Å². The Kier molecular flexibility index (Phi) is 8.77. The van der Waals surface area contributed by atoms with Gasteiger partial charge in [-0.1, -0.05) is 24.3 Å². The Morgan fingerprint density at radius 3 is 2.58 bits per heavy atom. The lowest BCUT2D eigenvalue weighted by atomic mass is 9.98. The number of nitrogens with zero attached hydrogens (tertiary/aromatic N) is 1. The van der Waals surface area contributed by atoms with E-state index in [4.69, 9.17) is 15.9 Å². The molecule has 194 valence electrons. The molecular weight excluding hydrogens is 519 g/mol. The van der Waals surface area contributed by atoms with Crippen molar-refractivity contribution >= 4 is 57.1 Å². The van der Waals surface area contributed by atoms with Gasteiger partial charge < -0.3 is 15.8 Å². The second-order valence-corrected chi connectivity index (χ2v) is 11.2. The summed E-state index contributed by atoms with van der Waals surface area (Å²) >= 11 is 0. The molecule has 2 atom stereocenters. The number of rotatable bonds is 7. The van der Waals surface area contributed by atoms with Crippen molar-refractivity contribution in [1.82, 2.24) is 5.32 Å². The average molecular weight is 552 g/mol.